The average molecular weight is 2050 g/mol. The summed E-state index contributed by atoms with van der Waals surface area (Å²) in [4.78, 5) is 146. The standard InChI is InChI=1S/C93H105F12N12O13PS6/c1-28-61-49(67-70(121)109(22)79(124)112(25)73(67)135-61)40-64(118)106-76-115(58(43-132-76)46-31-34-52(55(94)37-46)88(97,98)99)91(82(4,5)6,83(7,8)9)128-131(127,129-92(84(10,11)12,85(13,14)15)116-59(47-32-35-53(56(95)38-47)89(100,101)102)44-133-77(116)107-65(119)41-50-62(29-2)136-74-68(50)71(122)110(23)80(125)113(74)26)130-93(86(16,17)18,87(19,20)21)117-60(48-33-36-54(57(96)39-48)90(103,104)105)45-134-78(117)108-66(120)42-51-63(30-3)137-75-69(51)72(123)111(24)81(126)114(75)27/h31-39,43-45H,28-30,40-42H2,1-27H3/b106-76-,107-77-,108-78-. The second-order valence-corrected chi connectivity index (χ2v) is 46.9. The number of fused-ring (bicyclic) bond motifs is 3. The first-order chi connectivity index (χ1) is 62.8. The van der Waals surface area contributed by atoms with Crippen LogP contribution in [-0.2, 0) is 149 Å². The van der Waals surface area contributed by atoms with Crippen LogP contribution in [0, 0.1) is 49.9 Å². The number of hydrogen-bond acceptors (Lipinski definition) is 19. The fourth-order valence-electron chi connectivity index (χ4n) is 19.1. The molecule has 3 aromatic carbocycles. The summed E-state index contributed by atoms with van der Waals surface area (Å²) in [5, 5.41) is 3.72. The van der Waals surface area contributed by atoms with Crippen molar-refractivity contribution in [1.29, 1.82) is 0 Å². The number of carbonyl (C=O) groups excluding carboxylic acids is 3. The van der Waals surface area contributed by atoms with E-state index in [-0.39, 0.29) is 83.7 Å². The topological polar surface area (TPSA) is 280 Å². The minimum absolute atomic E-state index is 0.0312. The van der Waals surface area contributed by atoms with Crippen LogP contribution < -0.4 is 48.2 Å². The fourth-order valence-corrected chi connectivity index (χ4v) is 28.6. The van der Waals surface area contributed by atoms with Crippen LogP contribution >= 0.6 is 75.8 Å². The Balaban J connectivity index is 1.30. The minimum atomic E-state index is -6.80. The number of carbonyl (C=O) groups is 3. The molecule has 0 N–H and O–H groups in total. The first-order valence-corrected chi connectivity index (χ1v) is 49.6. The number of amides is 3. The zero-order valence-electron chi connectivity index (χ0n) is 80.3. The quantitative estimate of drug-likeness (QED) is 0.0478. The molecule has 0 spiro atoms. The number of aromatic nitrogens is 9. The Morgan fingerprint density at radius 2 is 0.562 bits per heavy atom. The number of nitrogens with zero attached hydrogens (tertiary/aromatic N) is 12. The van der Waals surface area contributed by atoms with Crippen LogP contribution in [0.1, 0.15) is 193 Å². The second kappa shape index (κ2) is 36.3. The van der Waals surface area contributed by atoms with E-state index >= 15 is 71.6 Å². The van der Waals surface area contributed by atoms with Gasteiger partial charge in [-0.05, 0) is 72.4 Å². The smallest absolute Gasteiger partial charge is 0.287 e. The number of aryl methyl sites for hydroxylation is 6. The molecule has 0 atom stereocenters. The maximum atomic E-state index is 20.2. The molecule has 0 radical (unpaired) electrons. The lowest BCUT2D eigenvalue weighted by Crippen LogP contribution is -2.63. The molecule has 12 rings (SSSR count). The van der Waals surface area contributed by atoms with Gasteiger partial charge in [0.05, 0.1) is 69.2 Å². The summed E-state index contributed by atoms with van der Waals surface area (Å²) in [7, 11) is 1.18. The summed E-state index contributed by atoms with van der Waals surface area (Å²) in [6, 6.07) is 5.60. The largest absolute Gasteiger partial charge is 0.481 e. The molecule has 0 saturated heterocycles. The van der Waals surface area contributed by atoms with Crippen molar-refractivity contribution >= 4 is 124 Å². The predicted octanol–water partition coefficient (Wildman–Crippen LogP) is 20.1. The van der Waals surface area contributed by atoms with Gasteiger partial charge in [0.2, 0.25) is 0 Å². The third-order valence-corrected chi connectivity index (χ3v) is 32.9. The maximum absolute atomic E-state index is 20.2. The molecule has 0 fully saturated rings. The van der Waals surface area contributed by atoms with Crippen LogP contribution in [0.15, 0.2) is 114 Å². The van der Waals surface area contributed by atoms with Crippen LogP contribution in [0.5, 0.6) is 0 Å². The molecule has 3 amide bonds. The van der Waals surface area contributed by atoms with E-state index in [1.165, 1.54) is 210 Å². The Hall–Kier alpha value is -9.85. The number of halogens is 12. The number of alkyl halides is 9. The zero-order chi connectivity index (χ0) is 103. The van der Waals surface area contributed by atoms with Gasteiger partial charge in [0.25, 0.3) is 34.4 Å². The molecular formula is C93H105F12N12O13PS6. The number of hydrogen-bond donors (Lipinski definition) is 0. The summed E-state index contributed by atoms with van der Waals surface area (Å²) in [6.07, 6.45) is -17.6. The van der Waals surface area contributed by atoms with Crippen LogP contribution in [0.4, 0.5) is 52.7 Å². The molecule has 0 unspecified atom stereocenters. The van der Waals surface area contributed by atoms with Crippen LogP contribution in [0.2, 0.25) is 0 Å². The molecule has 0 aliphatic heterocycles. The number of rotatable bonds is 21. The third kappa shape index (κ3) is 18.3. The van der Waals surface area contributed by atoms with Gasteiger partial charge in [-0.2, -0.15) is 54.5 Å². The lowest BCUT2D eigenvalue weighted by atomic mass is 9.68. The highest BCUT2D eigenvalue weighted by molar-refractivity contribution is 7.48. The fraction of sp³-hybridized carbons (Fsp3) is 0.484. The Morgan fingerprint density at radius 3 is 0.745 bits per heavy atom. The maximum Gasteiger partial charge on any atom is 0.481 e. The number of thiophene rings is 3. The van der Waals surface area contributed by atoms with Gasteiger partial charge in [0.15, 0.2) is 31.6 Å². The van der Waals surface area contributed by atoms with E-state index in [0.29, 0.717) is 85.0 Å². The van der Waals surface area contributed by atoms with Crippen LogP contribution in [0.3, 0.4) is 0 Å². The van der Waals surface area contributed by atoms with Crippen LogP contribution in [-0.4, -0.2) is 58.8 Å². The summed E-state index contributed by atoms with van der Waals surface area (Å²) < 4.78 is 241. The Kier molecular flexibility index (Phi) is 28.1. The number of phosphoric ester groups is 1. The van der Waals surface area contributed by atoms with Crippen molar-refractivity contribution in [2.45, 2.75) is 220 Å². The first kappa shape index (κ1) is 106. The van der Waals surface area contributed by atoms with E-state index in [1.807, 2.05) is 0 Å². The van der Waals surface area contributed by atoms with Gasteiger partial charge in [0, 0.05) is 122 Å². The summed E-state index contributed by atoms with van der Waals surface area (Å²) in [6.45, 7) is 32.6. The van der Waals surface area contributed by atoms with Gasteiger partial charge in [-0.1, -0.05) is 164 Å². The Labute approximate surface area is 801 Å². The molecule has 44 heteroatoms. The van der Waals surface area contributed by atoms with Crippen molar-refractivity contribution in [2.75, 3.05) is 0 Å². The van der Waals surface area contributed by atoms with Gasteiger partial charge in [-0.25, -0.2) is 32.1 Å². The highest BCUT2D eigenvalue weighted by Crippen LogP contribution is 2.73. The number of thiazole rings is 3. The highest BCUT2D eigenvalue weighted by Gasteiger charge is 2.69. The highest BCUT2D eigenvalue weighted by atomic mass is 32.1. The van der Waals surface area contributed by atoms with Crippen molar-refractivity contribution in [1.82, 2.24) is 41.1 Å². The monoisotopic (exact) mass is 2050 g/mol. The minimum Gasteiger partial charge on any atom is -0.287 e. The van der Waals surface area contributed by atoms with E-state index in [0.717, 1.165) is 65.9 Å². The number of benzene rings is 3. The first-order valence-electron chi connectivity index (χ1n) is 43.1. The summed E-state index contributed by atoms with van der Waals surface area (Å²) in [5.74, 6) is -8.69. The molecule has 9 aromatic heterocycles. The van der Waals surface area contributed by atoms with Crippen molar-refractivity contribution in [2.24, 2.45) is 89.8 Å². The van der Waals surface area contributed by atoms with E-state index in [2.05, 4.69) is 0 Å². The molecule has 9 heterocycles. The van der Waals surface area contributed by atoms with Crippen LogP contribution in [0.25, 0.3) is 64.4 Å². The van der Waals surface area contributed by atoms with E-state index in [9.17, 15) is 28.8 Å². The Bertz CT molecular complexity index is 6890. The predicted molar refractivity (Wildman–Crippen MR) is 508 cm³/mol. The van der Waals surface area contributed by atoms with Gasteiger partial charge in [0.1, 0.15) is 31.9 Å². The van der Waals surface area contributed by atoms with Gasteiger partial charge in [-0.3, -0.25) is 83.4 Å². The third-order valence-electron chi connectivity index (χ3n) is 24.6. The van der Waals surface area contributed by atoms with E-state index < -0.39 is 212 Å². The van der Waals surface area contributed by atoms with Gasteiger partial charge in [-0.15, -0.1) is 68.0 Å². The lowest BCUT2D eigenvalue weighted by Gasteiger charge is -2.60. The van der Waals surface area contributed by atoms with Crippen molar-refractivity contribution in [3.05, 3.63) is 213 Å². The van der Waals surface area contributed by atoms with E-state index in [1.54, 1.807) is 20.8 Å². The lowest BCUT2D eigenvalue weighted by molar-refractivity contribution is -0.261. The van der Waals surface area contributed by atoms with E-state index in [4.69, 9.17) is 28.5 Å². The normalized spacial score (nSPS) is 14.1. The molecular weight excluding hydrogens is 1940 g/mol. The summed E-state index contributed by atoms with van der Waals surface area (Å²) >= 11 is 5.00. The molecule has 0 aliphatic carbocycles. The zero-order valence-corrected chi connectivity index (χ0v) is 86.1. The SMILES string of the molecule is CCc1sc2c(c1CC(=O)/N=c1\scc(-c3ccc(C(F)(F)F)c(F)c3)n1C(OP(=O)(OC(n1c(-c3ccc(C(F)(F)F)c(F)c3)cs/c1=N\C(=O)Cc1c(CC)sc3c1c(=O)n(C)c(=O)n3C)(C(C)(C)C)C(C)(C)C)OC(n1c(-c3ccc(C(F)(F)F)c(F)c3)cs/c1=N\C(=O)Cc1c(CC)sc3c1c(=O)n(C)c(=O)n3C)(C(C)(C)C)C(C)(C)C)(C(C)(C)C)C(C)(C)C)c(=O)n(C)c(=O)n2C. The number of phosphoric acid groups is 1. The molecule has 740 valence electrons. The molecule has 12 aromatic rings. The average Bonchev–Trinajstić information content (AvgIpc) is 1.67. The molecule has 0 saturated carbocycles. The van der Waals surface area contributed by atoms with Crippen molar-refractivity contribution in [3.8, 4) is 33.8 Å². The van der Waals surface area contributed by atoms with Gasteiger partial charge >= 0.3 is 43.4 Å². The molecule has 137 heavy (non-hydrogen) atoms. The van der Waals surface area contributed by atoms with Crippen molar-refractivity contribution < 1.29 is 85.2 Å². The molecule has 25 nitrogen and oxygen atoms in total. The molecule has 0 aliphatic rings. The Morgan fingerprint density at radius 1 is 0.350 bits per heavy atom. The second-order valence-electron chi connectivity index (χ2n) is 39.7. The van der Waals surface area contributed by atoms with Gasteiger partial charge < -0.3 is 0 Å². The summed E-state index contributed by atoms with van der Waals surface area (Å²) in [5.41, 5.74) is -31.7. The van der Waals surface area contributed by atoms with Crippen molar-refractivity contribution in [3.63, 3.8) is 0 Å². The molecule has 0 bridgehead atoms.